The summed E-state index contributed by atoms with van der Waals surface area (Å²) in [6, 6.07) is 12.0. The van der Waals surface area contributed by atoms with Gasteiger partial charge < -0.3 is 19.9 Å². The first-order valence-corrected chi connectivity index (χ1v) is 9.35. The van der Waals surface area contributed by atoms with Crippen molar-refractivity contribution in [1.29, 1.82) is 0 Å². The molecule has 2 aromatic rings. The molecule has 7 heteroatoms. The molecule has 0 radical (unpaired) electrons. The topological polar surface area (TPSA) is 46.0 Å². The monoisotopic (exact) mass is 392 g/mol. The van der Waals surface area contributed by atoms with Gasteiger partial charge in [-0.1, -0.05) is 11.6 Å². The van der Waals surface area contributed by atoms with Crippen molar-refractivity contribution >= 4 is 28.9 Å². The predicted octanol–water partition coefficient (Wildman–Crippen LogP) is 2.22. The number of hydrogen-bond acceptors (Lipinski definition) is 3. The fraction of sp³-hybridized carbons (Fsp3) is 0.350. The van der Waals surface area contributed by atoms with Crippen molar-refractivity contribution in [3.8, 4) is 5.75 Å². The molecule has 0 saturated carbocycles. The molecule has 27 heavy (non-hydrogen) atoms. The molecule has 1 atom stereocenters. The quantitative estimate of drug-likeness (QED) is 0.820. The summed E-state index contributed by atoms with van der Waals surface area (Å²) in [5.41, 5.74) is 1.67. The van der Waals surface area contributed by atoms with Crippen LogP contribution in [0.25, 0.3) is 0 Å². The molecule has 2 N–H and O–H groups in total. The van der Waals surface area contributed by atoms with E-state index in [0.29, 0.717) is 5.69 Å². The molecule has 1 amide bonds. The van der Waals surface area contributed by atoms with E-state index in [1.54, 1.807) is 7.11 Å². The van der Waals surface area contributed by atoms with E-state index in [9.17, 15) is 9.18 Å². The van der Waals surface area contributed by atoms with Crippen LogP contribution < -0.4 is 19.9 Å². The normalized spacial score (nSPS) is 16.1. The second-order valence-corrected chi connectivity index (χ2v) is 7.09. The van der Waals surface area contributed by atoms with Crippen LogP contribution in [0.2, 0.25) is 5.02 Å². The zero-order valence-corrected chi connectivity index (χ0v) is 16.2. The van der Waals surface area contributed by atoms with E-state index < -0.39 is 5.82 Å². The average Bonchev–Trinajstić information content (AvgIpc) is 2.70. The third kappa shape index (κ3) is 4.70. The fourth-order valence-electron chi connectivity index (χ4n) is 3.29. The molecule has 1 saturated heterocycles. The highest BCUT2D eigenvalue weighted by Gasteiger charge is 2.29. The third-order valence-corrected chi connectivity index (χ3v) is 5.33. The lowest BCUT2D eigenvalue weighted by Gasteiger charge is -2.36. The first kappa shape index (κ1) is 19.5. The molecule has 0 aliphatic carbocycles. The van der Waals surface area contributed by atoms with Gasteiger partial charge in [0.15, 0.2) is 6.04 Å². The van der Waals surface area contributed by atoms with Crippen LogP contribution in [0.5, 0.6) is 5.75 Å². The highest BCUT2D eigenvalue weighted by molar-refractivity contribution is 6.31. The number of piperazine rings is 1. The number of halogens is 2. The molecule has 0 spiro atoms. The minimum absolute atomic E-state index is 0.000839. The summed E-state index contributed by atoms with van der Waals surface area (Å²) < 4.78 is 18.4. The van der Waals surface area contributed by atoms with Gasteiger partial charge in [0.1, 0.15) is 11.6 Å². The van der Waals surface area contributed by atoms with E-state index in [-0.39, 0.29) is 17.0 Å². The van der Waals surface area contributed by atoms with Crippen LogP contribution in [0, 0.1) is 5.82 Å². The summed E-state index contributed by atoms with van der Waals surface area (Å²) in [6.07, 6.45) is 0. The first-order chi connectivity index (χ1) is 13.0. The van der Waals surface area contributed by atoms with Gasteiger partial charge in [0.2, 0.25) is 0 Å². The lowest BCUT2D eigenvalue weighted by atomic mass is 10.2. The number of methoxy groups -OCH3 is 1. The van der Waals surface area contributed by atoms with E-state index in [1.165, 1.54) is 23.1 Å². The molecule has 0 unspecified atom stereocenters. The van der Waals surface area contributed by atoms with Crippen LogP contribution in [0.4, 0.5) is 15.8 Å². The molecule has 144 valence electrons. The summed E-state index contributed by atoms with van der Waals surface area (Å²) in [6.45, 7) is 5.40. The van der Waals surface area contributed by atoms with E-state index in [2.05, 4.69) is 22.3 Å². The first-order valence-electron chi connectivity index (χ1n) is 8.97. The summed E-state index contributed by atoms with van der Waals surface area (Å²) in [5, 5.41) is 2.83. The summed E-state index contributed by atoms with van der Waals surface area (Å²) in [5.74, 6) is 0.253. The molecule has 1 heterocycles. The molecular weight excluding hydrogens is 369 g/mol. The Bertz CT molecular complexity index is 792. The summed E-state index contributed by atoms with van der Waals surface area (Å²) >= 11 is 5.77. The highest BCUT2D eigenvalue weighted by atomic mass is 35.5. The molecule has 0 bridgehead atoms. The number of benzene rings is 2. The Balaban J connectivity index is 1.54. The Labute approximate surface area is 163 Å². The molecule has 0 aromatic heterocycles. The Morgan fingerprint density at radius 1 is 1.22 bits per heavy atom. The number of quaternary nitrogens is 1. The standard InChI is InChI=1S/C20H23ClFN3O2/c1-14(20(26)23-15-3-8-19(22)18(21)13-15)24-9-11-25(12-10-24)16-4-6-17(27-2)7-5-16/h3-8,13-14H,9-12H2,1-2H3,(H,23,26)/p+1/t14-/m0/s1. The number of nitrogens with one attached hydrogen (secondary N) is 2. The van der Waals surface area contributed by atoms with Gasteiger partial charge in [-0.05, 0) is 49.4 Å². The van der Waals surface area contributed by atoms with Crippen LogP contribution in [0.1, 0.15) is 6.92 Å². The van der Waals surface area contributed by atoms with Crippen molar-refractivity contribution in [2.75, 3.05) is 43.5 Å². The summed E-state index contributed by atoms with van der Waals surface area (Å²) in [4.78, 5) is 16.1. The number of ether oxygens (including phenoxy) is 1. The largest absolute Gasteiger partial charge is 0.497 e. The van der Waals surface area contributed by atoms with Gasteiger partial charge in [-0.2, -0.15) is 0 Å². The lowest BCUT2D eigenvalue weighted by Crippen LogP contribution is -3.19. The maximum atomic E-state index is 13.2. The maximum absolute atomic E-state index is 13.2. The number of amides is 1. The van der Waals surface area contributed by atoms with E-state index in [4.69, 9.17) is 16.3 Å². The second kappa shape index (κ2) is 8.59. The fourth-order valence-corrected chi connectivity index (χ4v) is 3.47. The Morgan fingerprint density at radius 3 is 2.48 bits per heavy atom. The Kier molecular flexibility index (Phi) is 6.19. The lowest BCUT2D eigenvalue weighted by molar-refractivity contribution is -0.914. The van der Waals surface area contributed by atoms with Gasteiger partial charge >= 0.3 is 0 Å². The van der Waals surface area contributed by atoms with Crippen LogP contribution >= 0.6 is 11.6 Å². The molecule has 2 aromatic carbocycles. The molecular formula is C20H24ClFN3O2+. The number of anilines is 2. The van der Waals surface area contributed by atoms with E-state index >= 15 is 0 Å². The zero-order valence-electron chi connectivity index (χ0n) is 15.5. The van der Waals surface area contributed by atoms with E-state index in [1.807, 2.05) is 19.1 Å². The number of carbonyl (C=O) groups excluding carboxylic acids is 1. The van der Waals surface area contributed by atoms with Crippen LogP contribution in [-0.2, 0) is 4.79 Å². The average molecular weight is 393 g/mol. The highest BCUT2D eigenvalue weighted by Crippen LogP contribution is 2.20. The van der Waals surface area contributed by atoms with Gasteiger partial charge in [0, 0.05) is 11.4 Å². The third-order valence-electron chi connectivity index (χ3n) is 5.04. The van der Waals surface area contributed by atoms with Crippen molar-refractivity contribution in [2.45, 2.75) is 13.0 Å². The minimum atomic E-state index is -0.497. The Morgan fingerprint density at radius 2 is 1.89 bits per heavy atom. The number of carbonyl (C=O) groups is 1. The zero-order chi connectivity index (χ0) is 19.4. The van der Waals surface area contributed by atoms with E-state index in [0.717, 1.165) is 37.6 Å². The smallest absolute Gasteiger partial charge is 0.282 e. The second-order valence-electron chi connectivity index (χ2n) is 6.68. The molecule has 1 fully saturated rings. The van der Waals surface area contributed by atoms with Crippen molar-refractivity contribution < 1.29 is 18.8 Å². The Hall–Kier alpha value is -2.31. The van der Waals surface area contributed by atoms with Crippen LogP contribution in [0.15, 0.2) is 42.5 Å². The molecule has 3 rings (SSSR count). The number of nitrogens with zero attached hydrogens (tertiary/aromatic N) is 1. The van der Waals surface area contributed by atoms with Gasteiger partial charge in [0.25, 0.3) is 5.91 Å². The van der Waals surface area contributed by atoms with Gasteiger partial charge in [-0.25, -0.2) is 4.39 Å². The van der Waals surface area contributed by atoms with Crippen LogP contribution in [-0.4, -0.2) is 45.2 Å². The van der Waals surface area contributed by atoms with Crippen molar-refractivity contribution in [3.05, 3.63) is 53.3 Å². The summed E-state index contributed by atoms with van der Waals surface area (Å²) in [7, 11) is 1.66. The van der Waals surface area contributed by atoms with Gasteiger partial charge in [-0.3, -0.25) is 4.79 Å². The minimum Gasteiger partial charge on any atom is -0.497 e. The maximum Gasteiger partial charge on any atom is 0.282 e. The van der Waals surface area contributed by atoms with Crippen molar-refractivity contribution in [2.24, 2.45) is 0 Å². The van der Waals surface area contributed by atoms with Crippen molar-refractivity contribution in [1.82, 2.24) is 0 Å². The molecule has 1 aliphatic heterocycles. The van der Waals surface area contributed by atoms with Gasteiger partial charge in [-0.15, -0.1) is 0 Å². The molecule has 1 aliphatic rings. The molecule has 5 nitrogen and oxygen atoms in total. The number of rotatable bonds is 5. The number of hydrogen-bond donors (Lipinski definition) is 2. The van der Waals surface area contributed by atoms with Crippen LogP contribution in [0.3, 0.4) is 0 Å². The SMILES string of the molecule is COc1ccc(N2CC[NH+]([C@@H](C)C(=O)Nc3ccc(F)c(Cl)c3)CC2)cc1. The predicted molar refractivity (Wildman–Crippen MR) is 105 cm³/mol. The van der Waals surface area contributed by atoms with Crippen molar-refractivity contribution in [3.63, 3.8) is 0 Å². The van der Waals surface area contributed by atoms with Gasteiger partial charge in [0.05, 0.1) is 38.3 Å².